The number of para-hydroxylation sites is 1. The molecular formula is C24H21N5O2S2. The molecule has 0 saturated heterocycles. The van der Waals surface area contributed by atoms with Crippen molar-refractivity contribution >= 4 is 44.9 Å². The summed E-state index contributed by atoms with van der Waals surface area (Å²) < 4.78 is 8.41. The zero-order valence-electron chi connectivity index (χ0n) is 18.1. The van der Waals surface area contributed by atoms with Crippen LogP contribution in [0.1, 0.15) is 17.5 Å². The average molecular weight is 476 g/mol. The second-order valence-corrected chi connectivity index (χ2v) is 9.96. The van der Waals surface area contributed by atoms with E-state index in [9.17, 15) is 4.79 Å². The fourth-order valence-corrected chi connectivity index (χ4v) is 5.19. The second kappa shape index (κ2) is 9.21. The number of carbonyl (C=O) groups is 1. The molecule has 5 aromatic rings. The van der Waals surface area contributed by atoms with Crippen molar-refractivity contribution in [3.05, 3.63) is 77.5 Å². The summed E-state index contributed by atoms with van der Waals surface area (Å²) in [6.07, 6.45) is 2.36. The molecule has 1 atom stereocenters. The quantitative estimate of drug-likeness (QED) is 0.318. The van der Waals surface area contributed by atoms with E-state index in [1.807, 2.05) is 67.1 Å². The molecule has 2 aromatic carbocycles. The predicted molar refractivity (Wildman–Crippen MR) is 132 cm³/mol. The van der Waals surface area contributed by atoms with Crippen LogP contribution in [-0.2, 0) is 18.3 Å². The van der Waals surface area contributed by atoms with Gasteiger partial charge in [-0.3, -0.25) is 4.79 Å². The zero-order chi connectivity index (χ0) is 22.8. The van der Waals surface area contributed by atoms with Gasteiger partial charge in [-0.15, -0.1) is 21.5 Å². The number of fused-ring (bicyclic) bond motifs is 1. The number of furan rings is 1. The van der Waals surface area contributed by atoms with Gasteiger partial charge in [0.05, 0.1) is 26.7 Å². The van der Waals surface area contributed by atoms with Gasteiger partial charge >= 0.3 is 0 Å². The largest absolute Gasteiger partial charge is 0.461 e. The third-order valence-electron chi connectivity index (χ3n) is 5.14. The summed E-state index contributed by atoms with van der Waals surface area (Å²) in [7, 11) is 1.86. The van der Waals surface area contributed by atoms with Crippen molar-refractivity contribution < 1.29 is 9.21 Å². The Morgan fingerprint density at radius 3 is 2.70 bits per heavy atom. The van der Waals surface area contributed by atoms with Gasteiger partial charge in [0.15, 0.2) is 16.7 Å². The second-order valence-electron chi connectivity index (χ2n) is 7.54. The van der Waals surface area contributed by atoms with Crippen LogP contribution in [0.25, 0.3) is 21.8 Å². The zero-order valence-corrected chi connectivity index (χ0v) is 19.7. The maximum Gasteiger partial charge on any atom is 0.237 e. The van der Waals surface area contributed by atoms with Crippen molar-refractivity contribution in [1.29, 1.82) is 0 Å². The van der Waals surface area contributed by atoms with E-state index >= 15 is 0 Å². The maximum absolute atomic E-state index is 12.7. The molecule has 0 bridgehead atoms. The first-order valence-electron chi connectivity index (χ1n) is 10.4. The van der Waals surface area contributed by atoms with Crippen LogP contribution in [0.2, 0.25) is 0 Å². The normalized spacial score (nSPS) is 12.2. The van der Waals surface area contributed by atoms with Crippen molar-refractivity contribution in [1.82, 2.24) is 19.7 Å². The van der Waals surface area contributed by atoms with Crippen LogP contribution < -0.4 is 5.32 Å². The van der Waals surface area contributed by atoms with Crippen LogP contribution in [-0.4, -0.2) is 30.9 Å². The molecule has 5 rings (SSSR count). The lowest BCUT2D eigenvalue weighted by Crippen LogP contribution is -2.22. The molecule has 0 saturated carbocycles. The summed E-state index contributed by atoms with van der Waals surface area (Å²) in [6, 6.07) is 19.7. The van der Waals surface area contributed by atoms with Crippen molar-refractivity contribution in [3.63, 3.8) is 0 Å². The standard InChI is InChI=1S/C24H21N5O2S2/c1-15(32-24-28-27-22(29(24)2)19-7-5-13-31-19)23(30)25-17-11-9-16(10-12-17)14-21-26-18-6-3-4-8-20(18)33-21/h3-13,15H,14H2,1-2H3,(H,25,30)/t15-/m1/s1. The van der Waals surface area contributed by atoms with E-state index in [0.29, 0.717) is 16.7 Å². The van der Waals surface area contributed by atoms with Crippen LogP contribution >= 0.6 is 23.1 Å². The topological polar surface area (TPSA) is 85.8 Å². The summed E-state index contributed by atoms with van der Waals surface area (Å²) in [6.45, 7) is 1.85. The number of benzene rings is 2. The minimum atomic E-state index is -0.347. The van der Waals surface area contributed by atoms with Gasteiger partial charge in [-0.2, -0.15) is 0 Å². The van der Waals surface area contributed by atoms with E-state index in [-0.39, 0.29) is 11.2 Å². The van der Waals surface area contributed by atoms with Crippen LogP contribution in [0, 0.1) is 0 Å². The van der Waals surface area contributed by atoms with Gasteiger partial charge in [0.25, 0.3) is 0 Å². The maximum atomic E-state index is 12.7. The van der Waals surface area contributed by atoms with Gasteiger partial charge in [0, 0.05) is 19.2 Å². The molecule has 0 aliphatic carbocycles. The Morgan fingerprint density at radius 2 is 1.94 bits per heavy atom. The number of thioether (sulfide) groups is 1. The average Bonchev–Trinajstić information content (AvgIpc) is 3.55. The lowest BCUT2D eigenvalue weighted by atomic mass is 10.1. The number of amides is 1. The van der Waals surface area contributed by atoms with Crippen LogP contribution in [0.3, 0.4) is 0 Å². The number of nitrogens with one attached hydrogen (secondary N) is 1. The Balaban J connectivity index is 1.20. The first kappa shape index (κ1) is 21.4. The summed E-state index contributed by atoms with van der Waals surface area (Å²) >= 11 is 3.06. The molecule has 1 amide bonds. The van der Waals surface area contributed by atoms with Crippen LogP contribution in [0.5, 0.6) is 0 Å². The monoisotopic (exact) mass is 475 g/mol. The highest BCUT2D eigenvalue weighted by molar-refractivity contribution is 8.00. The third kappa shape index (κ3) is 4.69. The highest BCUT2D eigenvalue weighted by Gasteiger charge is 2.20. The number of carbonyl (C=O) groups excluding carboxylic acids is 1. The summed E-state index contributed by atoms with van der Waals surface area (Å²) in [5.41, 5.74) is 2.95. The Kier molecular flexibility index (Phi) is 5.97. The third-order valence-corrected chi connectivity index (χ3v) is 7.31. The lowest BCUT2D eigenvalue weighted by molar-refractivity contribution is -0.115. The van der Waals surface area contributed by atoms with Gasteiger partial charge in [-0.05, 0) is 48.9 Å². The first-order chi connectivity index (χ1) is 16.1. The van der Waals surface area contributed by atoms with E-state index in [1.165, 1.54) is 16.5 Å². The highest BCUT2D eigenvalue weighted by atomic mass is 32.2. The Labute approximate surface area is 198 Å². The van der Waals surface area contributed by atoms with Crippen molar-refractivity contribution in [2.45, 2.75) is 23.8 Å². The molecule has 0 aliphatic rings. The van der Waals surface area contributed by atoms with E-state index < -0.39 is 0 Å². The van der Waals surface area contributed by atoms with Crippen molar-refractivity contribution in [3.8, 4) is 11.6 Å². The van der Waals surface area contributed by atoms with Crippen molar-refractivity contribution in [2.75, 3.05) is 5.32 Å². The van der Waals surface area contributed by atoms with Gasteiger partial charge in [0.1, 0.15) is 0 Å². The molecule has 0 radical (unpaired) electrons. The fraction of sp³-hybridized carbons (Fsp3) is 0.167. The Hall–Kier alpha value is -3.43. The summed E-state index contributed by atoms with van der Waals surface area (Å²) in [5.74, 6) is 1.17. The fourth-order valence-electron chi connectivity index (χ4n) is 3.37. The number of nitrogens with zero attached hydrogens (tertiary/aromatic N) is 4. The summed E-state index contributed by atoms with van der Waals surface area (Å²) in [4.78, 5) is 17.4. The van der Waals surface area contributed by atoms with E-state index in [0.717, 1.165) is 28.2 Å². The van der Waals surface area contributed by atoms with Crippen LogP contribution in [0.15, 0.2) is 76.5 Å². The number of anilines is 1. The Morgan fingerprint density at radius 1 is 1.12 bits per heavy atom. The van der Waals surface area contributed by atoms with Crippen molar-refractivity contribution in [2.24, 2.45) is 7.05 Å². The molecule has 7 nitrogen and oxygen atoms in total. The number of aromatic nitrogens is 4. The molecule has 3 heterocycles. The minimum Gasteiger partial charge on any atom is -0.461 e. The molecule has 0 fully saturated rings. The molecule has 166 valence electrons. The molecule has 0 unspecified atom stereocenters. The van der Waals surface area contributed by atoms with E-state index in [1.54, 1.807) is 23.7 Å². The van der Waals surface area contributed by atoms with Crippen LogP contribution in [0.4, 0.5) is 5.69 Å². The van der Waals surface area contributed by atoms with E-state index in [4.69, 9.17) is 9.40 Å². The van der Waals surface area contributed by atoms with Gasteiger partial charge in [-0.25, -0.2) is 4.98 Å². The number of hydrogen-bond acceptors (Lipinski definition) is 7. The smallest absolute Gasteiger partial charge is 0.237 e. The van der Waals surface area contributed by atoms with Gasteiger partial charge in [0.2, 0.25) is 5.91 Å². The SMILES string of the molecule is C[C@@H](Sc1nnc(-c2ccco2)n1C)C(=O)Nc1ccc(Cc2nc3ccccc3s2)cc1. The Bertz CT molecular complexity index is 1360. The molecule has 9 heteroatoms. The predicted octanol–water partition coefficient (Wildman–Crippen LogP) is 5.39. The van der Waals surface area contributed by atoms with Gasteiger partial charge < -0.3 is 14.3 Å². The summed E-state index contributed by atoms with van der Waals surface area (Å²) in [5, 5.41) is 12.7. The minimum absolute atomic E-state index is 0.0959. The highest BCUT2D eigenvalue weighted by Crippen LogP contribution is 2.27. The lowest BCUT2D eigenvalue weighted by Gasteiger charge is -2.12. The molecule has 33 heavy (non-hydrogen) atoms. The molecule has 0 aliphatic heterocycles. The molecule has 0 spiro atoms. The molecule has 3 aromatic heterocycles. The first-order valence-corrected chi connectivity index (χ1v) is 12.1. The number of rotatable bonds is 7. The molecular weight excluding hydrogens is 454 g/mol. The number of thiazole rings is 1. The number of hydrogen-bond donors (Lipinski definition) is 1. The van der Waals surface area contributed by atoms with Gasteiger partial charge in [-0.1, -0.05) is 36.0 Å². The molecule has 1 N–H and O–H groups in total. The van der Waals surface area contributed by atoms with E-state index in [2.05, 4.69) is 21.6 Å².